The lowest BCUT2D eigenvalue weighted by atomic mass is 10.1. The predicted molar refractivity (Wildman–Crippen MR) is 67.5 cm³/mol. The summed E-state index contributed by atoms with van der Waals surface area (Å²) in [6.07, 6.45) is 1.75. The van der Waals surface area contributed by atoms with Crippen LogP contribution in [0.4, 0.5) is 0 Å². The van der Waals surface area contributed by atoms with Gasteiger partial charge in [0.1, 0.15) is 18.9 Å². The summed E-state index contributed by atoms with van der Waals surface area (Å²) in [5.41, 5.74) is 1.60. The Balaban J connectivity index is 2.48. The van der Waals surface area contributed by atoms with Crippen molar-refractivity contribution < 1.29 is 10.1 Å². The number of ether oxygens (including phenoxy) is 1. The molecule has 2 nitrogen and oxygen atoms in total. The van der Waals surface area contributed by atoms with Gasteiger partial charge in [0.25, 0.3) is 0 Å². The van der Waals surface area contributed by atoms with E-state index in [4.69, 9.17) is 4.74 Å². The van der Waals surface area contributed by atoms with Crippen LogP contribution in [0.3, 0.4) is 0 Å². The van der Waals surface area contributed by atoms with Gasteiger partial charge in [0, 0.05) is 5.56 Å². The summed E-state index contributed by atoms with van der Waals surface area (Å²) in [5, 5.41) is 2.33. The lowest BCUT2D eigenvalue weighted by Gasteiger charge is -2.16. The van der Waals surface area contributed by atoms with Crippen LogP contribution in [0.25, 0.3) is 0 Å². The smallest absolute Gasteiger partial charge is 0.119 e. The number of benzene rings is 1. The lowest BCUT2D eigenvalue weighted by Crippen LogP contribution is -2.92. The first-order valence-electron chi connectivity index (χ1n) is 5.68. The highest BCUT2D eigenvalue weighted by Gasteiger charge is 2.12. The fourth-order valence-electron chi connectivity index (χ4n) is 1.30. The number of hydrogen-bond acceptors (Lipinski definition) is 1. The van der Waals surface area contributed by atoms with E-state index in [1.807, 2.05) is 12.1 Å². The van der Waals surface area contributed by atoms with E-state index in [0.717, 1.165) is 12.3 Å². The van der Waals surface area contributed by atoms with Gasteiger partial charge in [-0.3, -0.25) is 0 Å². The van der Waals surface area contributed by atoms with Crippen LogP contribution in [0.2, 0.25) is 0 Å². The Hall–Kier alpha value is -1.28. The normalized spacial score (nSPS) is 11.2. The van der Waals surface area contributed by atoms with E-state index >= 15 is 0 Å². The van der Waals surface area contributed by atoms with Gasteiger partial charge < -0.3 is 10.1 Å². The molecule has 0 amide bonds. The molecule has 0 heterocycles. The van der Waals surface area contributed by atoms with Crippen molar-refractivity contribution in [2.24, 2.45) is 0 Å². The molecular weight excluding hydrogens is 198 g/mol. The molecule has 1 rings (SSSR count). The third-order valence-electron chi connectivity index (χ3n) is 2.24. The standard InChI is InChI=1S/C14H21NO/c1-5-10-16-13-8-6-12(7-9-13)11-15-14(2,3)4/h5-9,15H,1,10-11H2,2-4H3/p+1. The Morgan fingerprint density at radius 3 is 2.38 bits per heavy atom. The molecular formula is C14H22NO+. The summed E-state index contributed by atoms with van der Waals surface area (Å²) in [4.78, 5) is 0. The van der Waals surface area contributed by atoms with E-state index in [0.29, 0.717) is 6.61 Å². The molecule has 0 saturated carbocycles. The molecule has 0 unspecified atom stereocenters. The van der Waals surface area contributed by atoms with Crippen molar-refractivity contribution in [1.29, 1.82) is 0 Å². The largest absolute Gasteiger partial charge is 0.490 e. The second kappa shape index (κ2) is 5.71. The van der Waals surface area contributed by atoms with Crippen LogP contribution in [0.15, 0.2) is 36.9 Å². The van der Waals surface area contributed by atoms with E-state index in [2.05, 4.69) is 44.8 Å². The molecule has 0 aliphatic rings. The van der Waals surface area contributed by atoms with Crippen LogP contribution in [-0.4, -0.2) is 12.1 Å². The number of nitrogens with two attached hydrogens (primary N) is 1. The molecule has 0 saturated heterocycles. The molecule has 2 heteroatoms. The zero-order valence-electron chi connectivity index (χ0n) is 10.5. The molecule has 0 aliphatic carbocycles. The van der Waals surface area contributed by atoms with Crippen molar-refractivity contribution in [3.63, 3.8) is 0 Å². The monoisotopic (exact) mass is 220 g/mol. The van der Waals surface area contributed by atoms with E-state index in [1.165, 1.54) is 5.56 Å². The van der Waals surface area contributed by atoms with Crippen LogP contribution < -0.4 is 10.1 Å². The van der Waals surface area contributed by atoms with Crippen LogP contribution in [0, 0.1) is 0 Å². The van der Waals surface area contributed by atoms with Gasteiger partial charge in [-0.25, -0.2) is 0 Å². The highest BCUT2D eigenvalue weighted by atomic mass is 16.5. The second-order valence-corrected chi connectivity index (χ2v) is 5.02. The Bertz CT molecular complexity index is 322. The van der Waals surface area contributed by atoms with E-state index < -0.39 is 0 Å². The number of hydrogen-bond donors (Lipinski definition) is 1. The quantitative estimate of drug-likeness (QED) is 0.756. The Morgan fingerprint density at radius 2 is 1.88 bits per heavy atom. The number of rotatable bonds is 5. The maximum Gasteiger partial charge on any atom is 0.119 e. The Kier molecular flexibility index (Phi) is 4.56. The van der Waals surface area contributed by atoms with Gasteiger partial charge in [0.15, 0.2) is 0 Å². The SMILES string of the molecule is C=CCOc1ccc(C[NH2+]C(C)(C)C)cc1. The molecule has 1 aromatic carbocycles. The summed E-state index contributed by atoms with van der Waals surface area (Å²) in [6.45, 7) is 11.8. The topological polar surface area (TPSA) is 25.8 Å². The van der Waals surface area contributed by atoms with Crippen molar-refractivity contribution in [2.45, 2.75) is 32.9 Å². The van der Waals surface area contributed by atoms with Gasteiger partial charge >= 0.3 is 0 Å². The molecule has 2 N–H and O–H groups in total. The van der Waals surface area contributed by atoms with Crippen LogP contribution >= 0.6 is 0 Å². The molecule has 0 radical (unpaired) electrons. The zero-order chi connectivity index (χ0) is 12.0. The maximum atomic E-state index is 5.43. The second-order valence-electron chi connectivity index (χ2n) is 5.02. The summed E-state index contributed by atoms with van der Waals surface area (Å²) < 4.78 is 5.43. The van der Waals surface area contributed by atoms with Gasteiger partial charge in [-0.15, -0.1) is 0 Å². The Labute approximate surface area is 98.3 Å². The molecule has 0 bridgehead atoms. The zero-order valence-corrected chi connectivity index (χ0v) is 10.5. The highest BCUT2D eigenvalue weighted by Crippen LogP contribution is 2.11. The van der Waals surface area contributed by atoms with Crippen molar-refractivity contribution in [2.75, 3.05) is 6.61 Å². The third kappa shape index (κ3) is 4.99. The predicted octanol–water partition coefficient (Wildman–Crippen LogP) is 2.11. The fraction of sp³-hybridized carbons (Fsp3) is 0.429. The van der Waals surface area contributed by atoms with Gasteiger partial charge in [-0.05, 0) is 45.0 Å². The average molecular weight is 220 g/mol. The minimum absolute atomic E-state index is 0.276. The lowest BCUT2D eigenvalue weighted by molar-refractivity contribution is -0.731. The first kappa shape index (κ1) is 12.8. The minimum atomic E-state index is 0.276. The van der Waals surface area contributed by atoms with Gasteiger partial charge in [-0.1, -0.05) is 12.7 Å². The highest BCUT2D eigenvalue weighted by molar-refractivity contribution is 5.26. The number of quaternary nitrogens is 1. The summed E-state index contributed by atoms with van der Waals surface area (Å²) >= 11 is 0. The minimum Gasteiger partial charge on any atom is -0.490 e. The van der Waals surface area contributed by atoms with E-state index in [1.54, 1.807) is 6.08 Å². The molecule has 0 fully saturated rings. The van der Waals surface area contributed by atoms with Crippen molar-refractivity contribution in [3.05, 3.63) is 42.5 Å². The van der Waals surface area contributed by atoms with Gasteiger partial charge in [0.2, 0.25) is 0 Å². The van der Waals surface area contributed by atoms with Gasteiger partial charge in [-0.2, -0.15) is 0 Å². The van der Waals surface area contributed by atoms with Crippen LogP contribution in [0.5, 0.6) is 5.75 Å². The average Bonchev–Trinajstić information content (AvgIpc) is 2.24. The van der Waals surface area contributed by atoms with Crippen molar-refractivity contribution in [1.82, 2.24) is 0 Å². The Morgan fingerprint density at radius 1 is 1.25 bits per heavy atom. The molecule has 88 valence electrons. The third-order valence-corrected chi connectivity index (χ3v) is 2.24. The van der Waals surface area contributed by atoms with E-state index in [-0.39, 0.29) is 5.54 Å². The molecule has 0 atom stereocenters. The first-order chi connectivity index (χ1) is 7.51. The summed E-state index contributed by atoms with van der Waals surface area (Å²) in [6, 6.07) is 8.24. The molecule has 0 aliphatic heterocycles. The fourth-order valence-corrected chi connectivity index (χ4v) is 1.30. The van der Waals surface area contributed by atoms with Crippen molar-refractivity contribution in [3.8, 4) is 5.75 Å². The van der Waals surface area contributed by atoms with E-state index in [9.17, 15) is 0 Å². The van der Waals surface area contributed by atoms with Crippen molar-refractivity contribution >= 4 is 0 Å². The summed E-state index contributed by atoms with van der Waals surface area (Å²) in [5.74, 6) is 0.902. The molecule has 1 aromatic rings. The van der Waals surface area contributed by atoms with Crippen LogP contribution in [-0.2, 0) is 6.54 Å². The van der Waals surface area contributed by atoms with Crippen LogP contribution in [0.1, 0.15) is 26.3 Å². The molecule has 16 heavy (non-hydrogen) atoms. The first-order valence-corrected chi connectivity index (χ1v) is 5.68. The summed E-state index contributed by atoms with van der Waals surface area (Å²) in [7, 11) is 0. The maximum absolute atomic E-state index is 5.43. The van der Waals surface area contributed by atoms with Gasteiger partial charge in [0.05, 0.1) is 5.54 Å². The molecule has 0 aromatic heterocycles. The molecule has 0 spiro atoms.